The van der Waals surface area contributed by atoms with Gasteiger partial charge in [-0.2, -0.15) is 0 Å². The van der Waals surface area contributed by atoms with Gasteiger partial charge in [-0.1, -0.05) is 96.2 Å². The van der Waals surface area contributed by atoms with Crippen LogP contribution in [0.5, 0.6) is 0 Å². The number of ether oxygens (including phenoxy) is 1. The van der Waals surface area contributed by atoms with Gasteiger partial charge in [0.1, 0.15) is 28.4 Å². The number of carboxylic acid groups (broad SMARTS) is 1. The van der Waals surface area contributed by atoms with Crippen LogP contribution in [0.25, 0.3) is 0 Å². The van der Waals surface area contributed by atoms with Gasteiger partial charge < -0.3 is 20.0 Å². The number of β-lactam (4-membered cyclic amide) rings is 1. The molecule has 1 saturated heterocycles. The summed E-state index contributed by atoms with van der Waals surface area (Å²) in [6.07, 6.45) is -0.731. The SMILES string of the molecule is CC1=C(C(=O)O)N2C(=O)C(NC(=O)C(=NOC(c3ccccc3)(c3ccccc3)c3ccccc3)c3csc(NC(=O)OC(C)(C)C)n3)C2SC1. The second-order valence-electron chi connectivity index (χ2n) is 12.8. The molecule has 3 N–H and O–H groups in total. The number of aromatic nitrogens is 1. The van der Waals surface area contributed by atoms with Crippen molar-refractivity contribution in [3.8, 4) is 0 Å². The van der Waals surface area contributed by atoms with E-state index in [2.05, 4.69) is 20.8 Å². The van der Waals surface area contributed by atoms with Crippen molar-refractivity contribution in [1.29, 1.82) is 0 Å². The van der Waals surface area contributed by atoms with E-state index in [-0.39, 0.29) is 22.2 Å². The Hall–Kier alpha value is -5.47. The molecule has 1 fully saturated rings. The number of hydrogen-bond donors (Lipinski definition) is 3. The average Bonchev–Trinajstić information content (AvgIpc) is 3.56. The monoisotopic (exact) mass is 725 g/mol. The molecule has 2 aliphatic rings. The van der Waals surface area contributed by atoms with Crippen LogP contribution in [0.1, 0.15) is 50.1 Å². The number of carbonyl (C=O) groups is 4. The standard InChI is InChI=1S/C37H35N5O7S2/c1-22-20-50-32-28(31(44)42(32)29(22)33(45)46)39-30(43)27(26-21-51-34(38-26)40-35(47)48-36(2,3)4)41-49-37(23-14-8-5-9-15-23,24-16-10-6-11-17-24)25-18-12-7-13-19-25/h5-19,21,28,32H,20H2,1-4H3,(H,39,43)(H,45,46)(H,38,40,47). The summed E-state index contributed by atoms with van der Waals surface area (Å²) in [5.41, 5.74) is 0.348. The fourth-order valence-electron chi connectivity index (χ4n) is 5.81. The van der Waals surface area contributed by atoms with Crippen molar-refractivity contribution < 1.29 is 33.9 Å². The van der Waals surface area contributed by atoms with Crippen LogP contribution in [0.4, 0.5) is 9.93 Å². The van der Waals surface area contributed by atoms with Crippen molar-refractivity contribution in [3.05, 3.63) is 130 Å². The first kappa shape index (κ1) is 35.4. The maximum atomic E-state index is 14.2. The topological polar surface area (TPSA) is 160 Å². The van der Waals surface area contributed by atoms with Crippen LogP contribution in [0.3, 0.4) is 0 Å². The summed E-state index contributed by atoms with van der Waals surface area (Å²) in [4.78, 5) is 64.3. The number of anilines is 1. The lowest BCUT2D eigenvalue weighted by Gasteiger charge is -2.49. The minimum atomic E-state index is -1.34. The summed E-state index contributed by atoms with van der Waals surface area (Å²) in [5.74, 6) is -2.17. The number of thioether (sulfide) groups is 1. The van der Waals surface area contributed by atoms with E-state index in [1.54, 1.807) is 27.7 Å². The Labute approximate surface area is 302 Å². The number of fused-ring (bicyclic) bond motifs is 1. The van der Waals surface area contributed by atoms with Crippen LogP contribution in [0.15, 0.2) is 113 Å². The van der Waals surface area contributed by atoms with Gasteiger partial charge in [-0.05, 0) is 33.3 Å². The van der Waals surface area contributed by atoms with Crippen molar-refractivity contribution in [3.63, 3.8) is 0 Å². The zero-order valence-electron chi connectivity index (χ0n) is 28.2. The maximum Gasteiger partial charge on any atom is 0.413 e. The average molecular weight is 726 g/mol. The molecule has 0 saturated carbocycles. The fourth-order valence-corrected chi connectivity index (χ4v) is 7.78. The summed E-state index contributed by atoms with van der Waals surface area (Å²) < 4.78 is 5.36. The van der Waals surface area contributed by atoms with E-state index in [9.17, 15) is 24.3 Å². The molecule has 2 unspecified atom stereocenters. The van der Waals surface area contributed by atoms with E-state index in [0.717, 1.165) is 28.0 Å². The molecule has 3 amide bonds. The van der Waals surface area contributed by atoms with Gasteiger partial charge in [-0.3, -0.25) is 19.8 Å². The van der Waals surface area contributed by atoms with Crippen LogP contribution >= 0.6 is 23.1 Å². The molecule has 51 heavy (non-hydrogen) atoms. The predicted molar refractivity (Wildman–Crippen MR) is 194 cm³/mol. The first-order valence-electron chi connectivity index (χ1n) is 16.0. The van der Waals surface area contributed by atoms with Crippen molar-refractivity contribution in [2.24, 2.45) is 5.16 Å². The summed E-state index contributed by atoms with van der Waals surface area (Å²) in [5, 5.41) is 20.7. The number of thiazole rings is 1. The smallest absolute Gasteiger partial charge is 0.413 e. The first-order chi connectivity index (χ1) is 24.4. The molecule has 0 bridgehead atoms. The van der Waals surface area contributed by atoms with E-state index in [1.807, 2.05) is 91.0 Å². The van der Waals surface area contributed by atoms with Crippen molar-refractivity contribution in [2.75, 3.05) is 11.1 Å². The van der Waals surface area contributed by atoms with E-state index < -0.39 is 46.5 Å². The van der Waals surface area contributed by atoms with Gasteiger partial charge in [0, 0.05) is 27.8 Å². The number of carboxylic acids is 1. The molecule has 4 aromatic rings. The zero-order valence-corrected chi connectivity index (χ0v) is 29.8. The Morgan fingerprint density at radius 2 is 1.47 bits per heavy atom. The second-order valence-corrected chi connectivity index (χ2v) is 14.7. The number of nitrogens with zero attached hydrogens (tertiary/aromatic N) is 3. The molecule has 262 valence electrons. The van der Waals surface area contributed by atoms with Gasteiger partial charge in [-0.15, -0.1) is 23.1 Å². The Balaban J connectivity index is 1.41. The summed E-state index contributed by atoms with van der Waals surface area (Å²) in [6, 6.07) is 27.3. The van der Waals surface area contributed by atoms with Gasteiger partial charge in [0.05, 0.1) is 0 Å². The van der Waals surface area contributed by atoms with Crippen LogP contribution in [0.2, 0.25) is 0 Å². The van der Waals surface area contributed by atoms with Gasteiger partial charge >= 0.3 is 12.1 Å². The molecule has 0 radical (unpaired) electrons. The molecule has 1 aromatic heterocycles. The first-order valence-corrected chi connectivity index (χ1v) is 17.9. The quantitative estimate of drug-likeness (QED) is 0.0776. The number of nitrogens with one attached hydrogen (secondary N) is 2. The van der Waals surface area contributed by atoms with Crippen LogP contribution in [-0.4, -0.2) is 67.3 Å². The van der Waals surface area contributed by atoms with E-state index in [0.29, 0.717) is 11.3 Å². The van der Waals surface area contributed by atoms with Crippen molar-refractivity contribution >= 4 is 57.8 Å². The van der Waals surface area contributed by atoms with E-state index in [4.69, 9.17) is 9.57 Å². The lowest BCUT2D eigenvalue weighted by atomic mass is 9.80. The lowest BCUT2D eigenvalue weighted by molar-refractivity contribution is -0.150. The fraction of sp³-hybridized carbons (Fsp3) is 0.243. The Bertz CT molecular complexity index is 1910. The van der Waals surface area contributed by atoms with E-state index in [1.165, 1.54) is 22.0 Å². The summed E-state index contributed by atoms with van der Waals surface area (Å²) in [7, 11) is 0. The lowest BCUT2D eigenvalue weighted by Crippen LogP contribution is -2.71. The third-order valence-corrected chi connectivity index (χ3v) is 10.2. The molecular formula is C37H35N5O7S2. The third kappa shape index (κ3) is 7.23. The van der Waals surface area contributed by atoms with Crippen molar-refractivity contribution in [2.45, 2.75) is 50.3 Å². The highest BCUT2D eigenvalue weighted by Crippen LogP contribution is 2.42. The second kappa shape index (κ2) is 14.4. The van der Waals surface area contributed by atoms with Crippen molar-refractivity contribution in [1.82, 2.24) is 15.2 Å². The largest absolute Gasteiger partial charge is 0.477 e. The highest BCUT2D eigenvalue weighted by atomic mass is 32.2. The Kier molecular flexibility index (Phi) is 9.99. The molecule has 14 heteroatoms. The number of aliphatic carboxylic acids is 1. The number of benzene rings is 3. The molecular weight excluding hydrogens is 691 g/mol. The zero-order chi connectivity index (χ0) is 36.3. The molecule has 12 nitrogen and oxygen atoms in total. The van der Waals surface area contributed by atoms with Crippen LogP contribution in [-0.2, 0) is 29.6 Å². The number of oxime groups is 1. The number of amides is 3. The van der Waals surface area contributed by atoms with Gasteiger partial charge in [0.25, 0.3) is 11.8 Å². The number of hydrogen-bond acceptors (Lipinski definition) is 10. The highest BCUT2D eigenvalue weighted by Gasteiger charge is 2.54. The third-order valence-electron chi connectivity index (χ3n) is 8.03. The number of carbonyl (C=O) groups excluding carboxylic acids is 3. The van der Waals surface area contributed by atoms with E-state index >= 15 is 0 Å². The van der Waals surface area contributed by atoms with Gasteiger partial charge in [0.2, 0.25) is 5.60 Å². The highest BCUT2D eigenvalue weighted by molar-refractivity contribution is 8.00. The maximum absolute atomic E-state index is 14.2. The Morgan fingerprint density at radius 3 is 1.98 bits per heavy atom. The molecule has 6 rings (SSSR count). The van der Waals surface area contributed by atoms with Gasteiger partial charge in [0.15, 0.2) is 10.8 Å². The summed E-state index contributed by atoms with van der Waals surface area (Å²) >= 11 is 2.39. The molecule has 2 atom stereocenters. The molecule has 3 heterocycles. The molecule has 0 spiro atoms. The molecule has 0 aliphatic carbocycles. The van der Waals surface area contributed by atoms with Gasteiger partial charge in [-0.25, -0.2) is 14.6 Å². The predicted octanol–water partition coefficient (Wildman–Crippen LogP) is 5.96. The summed E-state index contributed by atoms with van der Waals surface area (Å²) in [6.45, 7) is 6.86. The molecule has 3 aromatic carbocycles. The molecule has 2 aliphatic heterocycles. The van der Waals surface area contributed by atoms with Crippen LogP contribution in [0, 0.1) is 0 Å². The normalized spacial score (nSPS) is 17.6. The minimum Gasteiger partial charge on any atom is -0.477 e. The minimum absolute atomic E-state index is 0.0635. The Morgan fingerprint density at radius 1 is 0.922 bits per heavy atom. The van der Waals surface area contributed by atoms with Crippen LogP contribution < -0.4 is 10.6 Å². The number of rotatable bonds is 10.